The predicted octanol–water partition coefficient (Wildman–Crippen LogP) is -4.67. The molecule has 0 heterocycles. The minimum Gasteiger partial charge on any atom is -0.481 e. The highest BCUT2D eigenvalue weighted by Crippen LogP contribution is 2.05. The number of nitrogens with one attached hydrogen (secondary N) is 3. The lowest BCUT2D eigenvalue weighted by molar-refractivity contribution is -0.143. The van der Waals surface area contributed by atoms with E-state index in [1.54, 1.807) is 0 Å². The van der Waals surface area contributed by atoms with Gasteiger partial charge in [-0.2, -0.15) is 0 Å². The first kappa shape index (κ1) is 30.7. The van der Waals surface area contributed by atoms with Crippen LogP contribution in [0.1, 0.15) is 38.5 Å². The fraction of sp³-hybridized carbons (Fsp3) is 0.556. The average molecular weight is 504 g/mol. The number of amides is 5. The van der Waals surface area contributed by atoms with Crippen molar-refractivity contribution in [1.82, 2.24) is 16.0 Å². The van der Waals surface area contributed by atoms with E-state index in [1.807, 2.05) is 10.6 Å². The Hall–Kier alpha value is -4.28. The summed E-state index contributed by atoms with van der Waals surface area (Å²) in [5, 5.41) is 32.8. The first-order valence-corrected chi connectivity index (χ1v) is 10.0. The standard InChI is InChI=1S/C18H28N6O11/c19-7(5-14(29)30)15(31)24-10(6-12(21)26)17(33)22-8(1-3-11(20)25)16(32)23-9(18(34)35)2-4-13(27)28/h7-10H,1-6,19H2,(H2,20,25)(H2,21,26)(H,22,33)(H,23,32)(H,24,31)(H,27,28)(H,29,30)(H,34,35). The Morgan fingerprint density at radius 1 is 0.600 bits per heavy atom. The Bertz CT molecular complexity index is 862. The van der Waals surface area contributed by atoms with Gasteiger partial charge in [0.15, 0.2) is 0 Å². The molecule has 196 valence electrons. The molecule has 0 fully saturated rings. The van der Waals surface area contributed by atoms with Crippen molar-refractivity contribution in [3.63, 3.8) is 0 Å². The highest BCUT2D eigenvalue weighted by atomic mass is 16.4. The largest absolute Gasteiger partial charge is 0.481 e. The van der Waals surface area contributed by atoms with E-state index in [0.29, 0.717) is 0 Å². The first-order chi connectivity index (χ1) is 16.1. The lowest BCUT2D eigenvalue weighted by Crippen LogP contribution is -2.58. The number of carboxylic acid groups (broad SMARTS) is 3. The van der Waals surface area contributed by atoms with Crippen molar-refractivity contribution in [2.24, 2.45) is 17.2 Å². The number of hydrogen-bond donors (Lipinski definition) is 9. The molecule has 0 saturated heterocycles. The number of carbonyl (C=O) groups excluding carboxylic acids is 5. The summed E-state index contributed by atoms with van der Waals surface area (Å²) in [6.07, 6.45) is -3.53. The lowest BCUT2D eigenvalue weighted by Gasteiger charge is -2.24. The molecular weight excluding hydrogens is 476 g/mol. The number of carboxylic acids is 3. The predicted molar refractivity (Wildman–Crippen MR) is 113 cm³/mol. The third-order valence-electron chi connectivity index (χ3n) is 4.34. The van der Waals surface area contributed by atoms with Crippen molar-refractivity contribution in [2.75, 3.05) is 0 Å². The molecule has 0 bridgehead atoms. The van der Waals surface area contributed by atoms with E-state index in [0.717, 1.165) is 0 Å². The van der Waals surface area contributed by atoms with Crippen molar-refractivity contribution in [3.8, 4) is 0 Å². The van der Waals surface area contributed by atoms with E-state index in [2.05, 4.69) is 5.32 Å². The van der Waals surface area contributed by atoms with E-state index in [1.165, 1.54) is 0 Å². The molecule has 17 nitrogen and oxygen atoms in total. The molecule has 35 heavy (non-hydrogen) atoms. The van der Waals surface area contributed by atoms with Gasteiger partial charge in [-0.15, -0.1) is 0 Å². The van der Waals surface area contributed by atoms with Crippen LogP contribution in [-0.2, 0) is 38.4 Å². The van der Waals surface area contributed by atoms with Gasteiger partial charge in [0, 0.05) is 12.8 Å². The second-order valence-electron chi connectivity index (χ2n) is 7.33. The summed E-state index contributed by atoms with van der Waals surface area (Å²) in [5.41, 5.74) is 15.5. The summed E-state index contributed by atoms with van der Waals surface area (Å²) in [6.45, 7) is 0. The molecular formula is C18H28N6O11. The minimum absolute atomic E-state index is 0.423. The number of nitrogens with two attached hydrogens (primary N) is 3. The quantitative estimate of drug-likeness (QED) is 0.0902. The fourth-order valence-corrected chi connectivity index (χ4v) is 2.60. The molecule has 0 aliphatic heterocycles. The molecule has 0 radical (unpaired) electrons. The second-order valence-corrected chi connectivity index (χ2v) is 7.33. The average Bonchev–Trinajstić information content (AvgIpc) is 2.71. The number of aliphatic carboxylic acids is 3. The van der Waals surface area contributed by atoms with Crippen LogP contribution < -0.4 is 33.2 Å². The van der Waals surface area contributed by atoms with Crippen molar-refractivity contribution >= 4 is 47.4 Å². The summed E-state index contributed by atoms with van der Waals surface area (Å²) in [7, 11) is 0. The summed E-state index contributed by atoms with van der Waals surface area (Å²) in [6, 6.07) is -6.54. The maximum atomic E-state index is 12.7. The number of hydrogen-bond acceptors (Lipinski definition) is 9. The van der Waals surface area contributed by atoms with Crippen LogP contribution in [0.3, 0.4) is 0 Å². The van der Waals surface area contributed by atoms with Crippen LogP contribution in [-0.4, -0.2) is 86.9 Å². The maximum Gasteiger partial charge on any atom is 0.326 e. The third-order valence-corrected chi connectivity index (χ3v) is 4.34. The maximum absolute atomic E-state index is 12.7. The summed E-state index contributed by atoms with van der Waals surface area (Å²) >= 11 is 0. The molecule has 0 aromatic rings. The Labute approximate surface area is 197 Å². The van der Waals surface area contributed by atoms with Crippen molar-refractivity contribution in [3.05, 3.63) is 0 Å². The molecule has 0 spiro atoms. The smallest absolute Gasteiger partial charge is 0.326 e. The van der Waals surface area contributed by atoms with Gasteiger partial charge < -0.3 is 48.5 Å². The van der Waals surface area contributed by atoms with Crippen molar-refractivity contribution < 1.29 is 53.7 Å². The molecule has 5 amide bonds. The van der Waals surface area contributed by atoms with Gasteiger partial charge in [0.2, 0.25) is 29.5 Å². The number of primary amides is 2. The van der Waals surface area contributed by atoms with Crippen LogP contribution in [0.25, 0.3) is 0 Å². The van der Waals surface area contributed by atoms with E-state index < -0.39 is 110 Å². The van der Waals surface area contributed by atoms with Gasteiger partial charge in [0.25, 0.3) is 0 Å². The molecule has 0 aliphatic carbocycles. The zero-order valence-electron chi connectivity index (χ0n) is 18.4. The Morgan fingerprint density at radius 2 is 1.09 bits per heavy atom. The zero-order chi connectivity index (χ0) is 27.3. The highest BCUT2D eigenvalue weighted by Gasteiger charge is 2.31. The van der Waals surface area contributed by atoms with Crippen LogP contribution in [0.15, 0.2) is 0 Å². The van der Waals surface area contributed by atoms with Gasteiger partial charge >= 0.3 is 17.9 Å². The van der Waals surface area contributed by atoms with E-state index in [-0.39, 0.29) is 0 Å². The first-order valence-electron chi connectivity index (χ1n) is 10.0. The van der Waals surface area contributed by atoms with Crippen LogP contribution >= 0.6 is 0 Å². The lowest BCUT2D eigenvalue weighted by atomic mass is 10.1. The Balaban J connectivity index is 5.62. The molecule has 0 rings (SSSR count). The van der Waals surface area contributed by atoms with E-state index in [4.69, 9.17) is 27.4 Å². The van der Waals surface area contributed by atoms with Gasteiger partial charge in [-0.3, -0.25) is 33.6 Å². The number of carbonyl (C=O) groups is 8. The van der Waals surface area contributed by atoms with Gasteiger partial charge in [0.1, 0.15) is 18.1 Å². The van der Waals surface area contributed by atoms with Crippen LogP contribution in [0.5, 0.6) is 0 Å². The SMILES string of the molecule is NC(=O)CCC(NC(=O)C(CC(N)=O)NC(=O)C(N)CC(=O)O)C(=O)NC(CCC(=O)O)C(=O)O. The topological polar surface area (TPSA) is 311 Å². The van der Waals surface area contributed by atoms with Crippen LogP contribution in [0.4, 0.5) is 0 Å². The van der Waals surface area contributed by atoms with Crippen LogP contribution in [0.2, 0.25) is 0 Å². The highest BCUT2D eigenvalue weighted by molar-refractivity contribution is 5.96. The summed E-state index contributed by atoms with van der Waals surface area (Å²) in [5.74, 6) is -9.64. The molecule has 0 aromatic heterocycles. The van der Waals surface area contributed by atoms with Crippen LogP contribution in [0, 0.1) is 0 Å². The zero-order valence-corrected chi connectivity index (χ0v) is 18.4. The third kappa shape index (κ3) is 13.1. The molecule has 4 atom stereocenters. The fourth-order valence-electron chi connectivity index (χ4n) is 2.60. The normalized spacial score (nSPS) is 13.9. The van der Waals surface area contributed by atoms with Gasteiger partial charge in [0.05, 0.1) is 18.9 Å². The van der Waals surface area contributed by atoms with Crippen molar-refractivity contribution in [2.45, 2.75) is 62.7 Å². The minimum atomic E-state index is -1.70. The molecule has 12 N–H and O–H groups in total. The molecule has 0 aliphatic rings. The molecule has 4 unspecified atom stereocenters. The van der Waals surface area contributed by atoms with E-state index in [9.17, 15) is 43.5 Å². The van der Waals surface area contributed by atoms with E-state index >= 15 is 0 Å². The molecule has 0 saturated carbocycles. The number of rotatable bonds is 17. The van der Waals surface area contributed by atoms with Crippen molar-refractivity contribution in [1.29, 1.82) is 0 Å². The van der Waals surface area contributed by atoms with Gasteiger partial charge in [-0.1, -0.05) is 0 Å². The monoisotopic (exact) mass is 504 g/mol. The summed E-state index contributed by atoms with van der Waals surface area (Å²) < 4.78 is 0. The summed E-state index contributed by atoms with van der Waals surface area (Å²) in [4.78, 5) is 92.6. The molecule has 17 heteroatoms. The van der Waals surface area contributed by atoms with Gasteiger partial charge in [-0.25, -0.2) is 4.79 Å². The second kappa shape index (κ2) is 14.8. The Morgan fingerprint density at radius 3 is 1.54 bits per heavy atom. The van der Waals surface area contributed by atoms with Gasteiger partial charge in [-0.05, 0) is 12.8 Å². The Kier molecular flexibility index (Phi) is 13.0. The molecule has 0 aromatic carbocycles.